The molecule has 57 valence electrons. The summed E-state index contributed by atoms with van der Waals surface area (Å²) in [5, 5.41) is 0. The van der Waals surface area contributed by atoms with E-state index in [-0.39, 0.29) is 5.56 Å². The molecule has 0 aliphatic heterocycles. The lowest BCUT2D eigenvalue weighted by Gasteiger charge is -2.03. The van der Waals surface area contributed by atoms with E-state index in [1.54, 1.807) is 0 Å². The Labute approximate surface area is 61.9 Å². The third-order valence-electron chi connectivity index (χ3n) is 0.986. The minimum atomic E-state index is -4.43. The van der Waals surface area contributed by atoms with E-state index >= 15 is 0 Å². The van der Waals surface area contributed by atoms with E-state index in [0.29, 0.717) is 0 Å². The molecule has 0 N–H and O–H groups in total. The molecule has 0 amide bonds. The summed E-state index contributed by atoms with van der Waals surface area (Å²) in [4.78, 5) is 2.95. The minimum absolute atomic E-state index is 0.257. The van der Waals surface area contributed by atoms with Gasteiger partial charge in [0.25, 0.3) is 0 Å². The Kier molecular flexibility index (Phi) is 1.85. The van der Waals surface area contributed by atoms with Crippen LogP contribution in [0, 0.1) is 25.3 Å². The maximum absolute atomic E-state index is 11.8. The van der Waals surface area contributed by atoms with E-state index in [1.807, 2.05) is 12.3 Å². The van der Waals surface area contributed by atoms with Crippen LogP contribution in [0.25, 0.3) is 0 Å². The quantitative estimate of drug-likeness (QED) is 0.561. The van der Waals surface area contributed by atoms with Crippen molar-refractivity contribution >= 4 is 0 Å². The molecule has 0 aliphatic rings. The molecule has 0 fully saturated rings. The first-order valence-corrected chi connectivity index (χ1v) is 2.76. The van der Waals surface area contributed by atoms with Crippen LogP contribution in [0.5, 0.6) is 0 Å². The Morgan fingerprint density at radius 1 is 1.36 bits per heavy atom. The van der Waals surface area contributed by atoms with Gasteiger partial charge in [-0.2, -0.15) is 13.2 Å². The highest BCUT2D eigenvalue weighted by atomic mass is 19.4. The van der Waals surface area contributed by atoms with Crippen molar-refractivity contribution in [2.45, 2.75) is 13.1 Å². The van der Waals surface area contributed by atoms with Gasteiger partial charge in [-0.25, -0.2) is 4.98 Å². The normalized spacial score (nSPS) is 11.6. The minimum Gasteiger partial charge on any atom is -0.240 e. The molecule has 11 heavy (non-hydrogen) atoms. The number of aryl methyl sites for hydroxylation is 1. The SMILES string of the molecule is Cc1[c][c]nc(C(F)(F)F)[c]1. The maximum Gasteiger partial charge on any atom is 0.433 e. The lowest BCUT2D eigenvalue weighted by Crippen LogP contribution is -2.08. The molecule has 1 aromatic rings. The number of nitrogens with zero attached hydrogens (tertiary/aromatic N) is 1. The predicted molar refractivity (Wildman–Crippen MR) is 30.5 cm³/mol. The van der Waals surface area contributed by atoms with Gasteiger partial charge in [0, 0.05) is 12.1 Å². The number of aromatic nitrogens is 1. The summed E-state index contributed by atoms with van der Waals surface area (Å²) < 4.78 is 35.5. The molecule has 3 radical (unpaired) electrons. The lowest BCUT2D eigenvalue weighted by atomic mass is 10.2. The highest BCUT2D eigenvalue weighted by Gasteiger charge is 2.32. The zero-order chi connectivity index (χ0) is 8.48. The first-order valence-electron chi connectivity index (χ1n) is 2.76. The van der Waals surface area contributed by atoms with Crippen LogP contribution >= 0.6 is 0 Å². The van der Waals surface area contributed by atoms with Gasteiger partial charge < -0.3 is 0 Å². The lowest BCUT2D eigenvalue weighted by molar-refractivity contribution is -0.141. The van der Waals surface area contributed by atoms with Crippen molar-refractivity contribution in [1.82, 2.24) is 4.98 Å². The second kappa shape index (κ2) is 2.53. The molecule has 1 rings (SSSR count). The van der Waals surface area contributed by atoms with Crippen molar-refractivity contribution in [3.63, 3.8) is 0 Å². The van der Waals surface area contributed by atoms with Crippen molar-refractivity contribution < 1.29 is 13.2 Å². The van der Waals surface area contributed by atoms with Crippen LogP contribution in [0.2, 0.25) is 0 Å². The highest BCUT2D eigenvalue weighted by Crippen LogP contribution is 2.26. The standard InChI is InChI=1S/C7H3F3N/c1-5-2-3-11-6(4-5)7(8,9)10/h1H3. The molecule has 1 heterocycles. The van der Waals surface area contributed by atoms with Gasteiger partial charge in [-0.15, -0.1) is 0 Å². The molecular weight excluding hydrogens is 155 g/mol. The summed E-state index contributed by atoms with van der Waals surface area (Å²) in [5.74, 6) is 0. The van der Waals surface area contributed by atoms with E-state index in [9.17, 15) is 13.2 Å². The molecule has 0 saturated carbocycles. The first-order chi connectivity index (χ1) is 5.00. The monoisotopic (exact) mass is 158 g/mol. The van der Waals surface area contributed by atoms with Gasteiger partial charge in [0.1, 0.15) is 0 Å². The van der Waals surface area contributed by atoms with Crippen LogP contribution in [-0.4, -0.2) is 4.98 Å². The van der Waals surface area contributed by atoms with E-state index in [2.05, 4.69) is 11.1 Å². The Hall–Kier alpha value is -1.06. The second-order valence-electron chi connectivity index (χ2n) is 1.94. The molecule has 0 atom stereocenters. The molecular formula is C7H3F3N. The third-order valence-corrected chi connectivity index (χ3v) is 0.986. The molecule has 4 heteroatoms. The summed E-state index contributed by atoms with van der Waals surface area (Å²) in [7, 11) is 0. The van der Waals surface area contributed by atoms with E-state index in [4.69, 9.17) is 0 Å². The third kappa shape index (κ3) is 1.93. The Morgan fingerprint density at radius 2 is 2.00 bits per heavy atom. The fourth-order valence-electron chi connectivity index (χ4n) is 0.539. The van der Waals surface area contributed by atoms with Crippen LogP contribution < -0.4 is 0 Å². The Balaban J connectivity index is 3.06. The van der Waals surface area contributed by atoms with Crippen LogP contribution in [-0.2, 0) is 6.18 Å². The van der Waals surface area contributed by atoms with Crippen molar-refractivity contribution in [3.8, 4) is 0 Å². The van der Waals surface area contributed by atoms with Crippen molar-refractivity contribution in [2.75, 3.05) is 0 Å². The van der Waals surface area contributed by atoms with Crippen molar-refractivity contribution in [1.29, 1.82) is 0 Å². The van der Waals surface area contributed by atoms with Gasteiger partial charge in [-0.3, -0.25) is 0 Å². The van der Waals surface area contributed by atoms with Crippen molar-refractivity contribution in [3.05, 3.63) is 29.6 Å². The summed E-state index contributed by atoms with van der Waals surface area (Å²) in [5.41, 5.74) is -0.791. The predicted octanol–water partition coefficient (Wildman–Crippen LogP) is 1.81. The van der Waals surface area contributed by atoms with Gasteiger partial charge in [-0.1, -0.05) is 0 Å². The smallest absolute Gasteiger partial charge is 0.240 e. The molecule has 0 unspecified atom stereocenters. The molecule has 0 spiro atoms. The molecule has 0 aliphatic carbocycles. The van der Waals surface area contributed by atoms with Crippen LogP contribution in [0.4, 0.5) is 13.2 Å². The molecule has 1 nitrogen and oxygen atoms in total. The summed E-state index contributed by atoms with van der Waals surface area (Å²) >= 11 is 0. The van der Waals surface area contributed by atoms with Crippen LogP contribution in [0.15, 0.2) is 0 Å². The number of pyridine rings is 1. The number of halogens is 3. The number of hydrogen-bond acceptors (Lipinski definition) is 1. The average molecular weight is 158 g/mol. The Bertz CT molecular complexity index is 254. The maximum atomic E-state index is 11.8. The number of hydrogen-bond donors (Lipinski definition) is 0. The van der Waals surface area contributed by atoms with Gasteiger partial charge >= 0.3 is 6.18 Å². The summed E-state index contributed by atoms with van der Waals surface area (Å²) in [6.07, 6.45) is -2.42. The largest absolute Gasteiger partial charge is 0.433 e. The molecule has 0 bridgehead atoms. The van der Waals surface area contributed by atoms with Gasteiger partial charge in [0.05, 0.1) is 6.20 Å². The second-order valence-corrected chi connectivity index (χ2v) is 1.94. The van der Waals surface area contributed by atoms with Gasteiger partial charge in [-0.05, 0) is 12.5 Å². The zero-order valence-corrected chi connectivity index (χ0v) is 5.58. The van der Waals surface area contributed by atoms with Crippen molar-refractivity contribution in [2.24, 2.45) is 0 Å². The zero-order valence-electron chi connectivity index (χ0n) is 5.58. The van der Waals surface area contributed by atoms with Gasteiger partial charge in [0.15, 0.2) is 5.69 Å². The summed E-state index contributed by atoms with van der Waals surface area (Å²) in [6, 6.07) is 4.38. The number of rotatable bonds is 0. The highest BCUT2D eigenvalue weighted by molar-refractivity contribution is 5.12. The molecule has 0 aromatic carbocycles. The summed E-state index contributed by atoms with van der Waals surface area (Å²) in [6.45, 7) is 1.45. The topological polar surface area (TPSA) is 12.9 Å². The van der Waals surface area contributed by atoms with Crippen LogP contribution in [0.1, 0.15) is 11.3 Å². The van der Waals surface area contributed by atoms with E-state index < -0.39 is 11.9 Å². The first kappa shape index (κ1) is 8.04. The molecule has 0 saturated heterocycles. The van der Waals surface area contributed by atoms with E-state index in [1.165, 1.54) is 6.92 Å². The Morgan fingerprint density at radius 3 is 2.36 bits per heavy atom. The average Bonchev–Trinajstić information content (AvgIpc) is 1.86. The van der Waals surface area contributed by atoms with Crippen LogP contribution in [0.3, 0.4) is 0 Å². The fourth-order valence-corrected chi connectivity index (χ4v) is 0.539. The fraction of sp³-hybridized carbons (Fsp3) is 0.286. The van der Waals surface area contributed by atoms with E-state index in [0.717, 1.165) is 0 Å². The molecule has 1 aromatic heterocycles. The van der Waals surface area contributed by atoms with Gasteiger partial charge in [0.2, 0.25) is 0 Å². The number of alkyl halides is 3.